The third-order valence-electron chi connectivity index (χ3n) is 0.875. The molecule has 1 heterocycles. The van der Waals surface area contributed by atoms with Crippen LogP contribution in [0.1, 0.15) is 0 Å². The molecule has 0 bridgehead atoms. The van der Waals surface area contributed by atoms with Gasteiger partial charge in [-0.05, 0) is 31.9 Å². The van der Waals surface area contributed by atoms with E-state index in [0.717, 1.165) is 0 Å². The van der Waals surface area contributed by atoms with Crippen LogP contribution in [0.4, 0.5) is 4.39 Å². The SMILES string of the molecule is Fc1ncc(Br)c(Cl)c1Br. The average molecular weight is 289 g/mol. The summed E-state index contributed by atoms with van der Waals surface area (Å²) in [6, 6.07) is 0. The summed E-state index contributed by atoms with van der Waals surface area (Å²) in [6.45, 7) is 0. The van der Waals surface area contributed by atoms with Crippen molar-refractivity contribution in [2.45, 2.75) is 0 Å². The van der Waals surface area contributed by atoms with Crippen LogP contribution in [-0.4, -0.2) is 4.98 Å². The summed E-state index contributed by atoms with van der Waals surface area (Å²) in [5.41, 5.74) is 0. The van der Waals surface area contributed by atoms with Gasteiger partial charge in [-0.1, -0.05) is 11.6 Å². The zero-order valence-corrected chi connectivity index (χ0v) is 8.46. The van der Waals surface area contributed by atoms with Crippen molar-refractivity contribution in [3.8, 4) is 0 Å². The summed E-state index contributed by atoms with van der Waals surface area (Å²) >= 11 is 11.6. The molecule has 0 amide bonds. The fourth-order valence-corrected chi connectivity index (χ4v) is 1.43. The number of aromatic nitrogens is 1. The first kappa shape index (κ1) is 8.43. The van der Waals surface area contributed by atoms with Crippen LogP contribution in [0.25, 0.3) is 0 Å². The van der Waals surface area contributed by atoms with Crippen molar-refractivity contribution < 1.29 is 4.39 Å². The van der Waals surface area contributed by atoms with E-state index in [9.17, 15) is 4.39 Å². The van der Waals surface area contributed by atoms with E-state index >= 15 is 0 Å². The van der Waals surface area contributed by atoms with Crippen molar-refractivity contribution in [3.63, 3.8) is 0 Å². The number of halogens is 4. The van der Waals surface area contributed by atoms with Gasteiger partial charge in [-0.25, -0.2) is 4.98 Å². The Labute approximate surface area is 78.9 Å². The average Bonchev–Trinajstić information content (AvgIpc) is 1.93. The lowest BCUT2D eigenvalue weighted by atomic mass is 10.5. The highest BCUT2D eigenvalue weighted by Gasteiger charge is 2.07. The standard InChI is InChI=1S/C5HBr2ClFN/c6-2-1-10-5(9)3(7)4(2)8/h1H. The summed E-state index contributed by atoms with van der Waals surface area (Å²) in [5, 5.41) is 0.299. The van der Waals surface area contributed by atoms with E-state index in [1.165, 1.54) is 6.20 Å². The Kier molecular flexibility index (Phi) is 2.66. The molecule has 0 unspecified atom stereocenters. The first-order valence-corrected chi connectivity index (χ1v) is 4.24. The Hall–Kier alpha value is 0.330. The molecule has 5 heteroatoms. The Morgan fingerprint density at radius 1 is 1.50 bits per heavy atom. The van der Waals surface area contributed by atoms with Gasteiger partial charge in [0.15, 0.2) is 0 Å². The molecule has 0 aromatic carbocycles. The maximum absolute atomic E-state index is 12.5. The van der Waals surface area contributed by atoms with Crippen LogP contribution in [-0.2, 0) is 0 Å². The van der Waals surface area contributed by atoms with Crippen LogP contribution < -0.4 is 0 Å². The van der Waals surface area contributed by atoms with Crippen LogP contribution in [0, 0.1) is 5.95 Å². The molecule has 0 spiro atoms. The number of rotatable bonds is 0. The van der Waals surface area contributed by atoms with Gasteiger partial charge in [0.25, 0.3) is 0 Å². The van der Waals surface area contributed by atoms with Crippen molar-refractivity contribution in [1.82, 2.24) is 4.98 Å². The third-order valence-corrected chi connectivity index (χ3v) is 3.05. The third kappa shape index (κ3) is 1.49. The molecule has 1 rings (SSSR count). The first-order chi connectivity index (χ1) is 4.63. The first-order valence-electron chi connectivity index (χ1n) is 2.28. The molecule has 0 aliphatic rings. The lowest BCUT2D eigenvalue weighted by molar-refractivity contribution is 0.576. The molecule has 0 N–H and O–H groups in total. The Bertz CT molecular complexity index is 239. The fraction of sp³-hybridized carbons (Fsp3) is 0. The van der Waals surface area contributed by atoms with E-state index in [2.05, 4.69) is 36.8 Å². The summed E-state index contributed by atoms with van der Waals surface area (Å²) < 4.78 is 13.3. The minimum absolute atomic E-state index is 0.184. The van der Waals surface area contributed by atoms with E-state index in [1.54, 1.807) is 0 Å². The number of nitrogens with zero attached hydrogens (tertiary/aromatic N) is 1. The Morgan fingerprint density at radius 2 is 2.10 bits per heavy atom. The zero-order valence-electron chi connectivity index (χ0n) is 4.54. The molecule has 0 radical (unpaired) electrons. The van der Waals surface area contributed by atoms with Gasteiger partial charge in [0.2, 0.25) is 5.95 Å². The van der Waals surface area contributed by atoms with Crippen LogP contribution in [0.2, 0.25) is 5.02 Å². The minimum atomic E-state index is -0.604. The molecular weight excluding hydrogens is 288 g/mol. The minimum Gasteiger partial charge on any atom is -0.226 e. The Balaban J connectivity index is 3.34. The number of pyridine rings is 1. The molecule has 0 saturated heterocycles. The van der Waals surface area contributed by atoms with Gasteiger partial charge in [-0.15, -0.1) is 0 Å². The summed E-state index contributed by atoms with van der Waals surface area (Å²) in [4.78, 5) is 3.39. The lowest BCUT2D eigenvalue weighted by Gasteiger charge is -1.97. The van der Waals surface area contributed by atoms with E-state index in [4.69, 9.17) is 11.6 Å². The lowest BCUT2D eigenvalue weighted by Crippen LogP contribution is -1.84. The second-order valence-corrected chi connectivity index (χ2v) is 3.55. The van der Waals surface area contributed by atoms with Crippen molar-refractivity contribution in [2.24, 2.45) is 0 Å². The molecule has 54 valence electrons. The highest BCUT2D eigenvalue weighted by Crippen LogP contribution is 2.30. The maximum Gasteiger partial charge on any atom is 0.228 e. The van der Waals surface area contributed by atoms with Gasteiger partial charge in [-0.3, -0.25) is 0 Å². The Morgan fingerprint density at radius 3 is 2.60 bits per heavy atom. The highest BCUT2D eigenvalue weighted by atomic mass is 79.9. The smallest absolute Gasteiger partial charge is 0.226 e. The van der Waals surface area contributed by atoms with Crippen molar-refractivity contribution in [3.05, 3.63) is 26.1 Å². The second-order valence-electron chi connectivity index (χ2n) is 1.52. The zero-order chi connectivity index (χ0) is 7.72. The van der Waals surface area contributed by atoms with Crippen LogP contribution in [0.5, 0.6) is 0 Å². The molecular formula is C5HBr2ClFN. The summed E-state index contributed by atoms with van der Waals surface area (Å²) in [7, 11) is 0. The molecule has 1 nitrogen and oxygen atoms in total. The number of hydrogen-bond acceptors (Lipinski definition) is 1. The molecule has 0 fully saturated rings. The molecule has 0 atom stereocenters. The topological polar surface area (TPSA) is 12.9 Å². The second kappa shape index (κ2) is 3.15. The molecule has 1 aromatic heterocycles. The van der Waals surface area contributed by atoms with Gasteiger partial charge < -0.3 is 0 Å². The fourth-order valence-electron chi connectivity index (χ4n) is 0.422. The maximum atomic E-state index is 12.5. The van der Waals surface area contributed by atoms with E-state index in [0.29, 0.717) is 9.50 Å². The molecule has 0 aliphatic carbocycles. The largest absolute Gasteiger partial charge is 0.228 e. The van der Waals surface area contributed by atoms with E-state index in [1.807, 2.05) is 0 Å². The van der Waals surface area contributed by atoms with Gasteiger partial charge >= 0.3 is 0 Å². The molecule has 0 aliphatic heterocycles. The summed E-state index contributed by atoms with van der Waals surface area (Å²) in [5.74, 6) is -0.604. The molecule has 10 heavy (non-hydrogen) atoms. The van der Waals surface area contributed by atoms with Gasteiger partial charge in [0, 0.05) is 6.20 Å². The normalized spacial score (nSPS) is 10.0. The summed E-state index contributed by atoms with van der Waals surface area (Å²) in [6.07, 6.45) is 1.31. The van der Waals surface area contributed by atoms with Crippen molar-refractivity contribution in [1.29, 1.82) is 0 Å². The van der Waals surface area contributed by atoms with Gasteiger partial charge in [0.05, 0.1) is 14.0 Å². The van der Waals surface area contributed by atoms with E-state index in [-0.39, 0.29) is 4.47 Å². The van der Waals surface area contributed by atoms with Crippen LogP contribution >= 0.6 is 43.5 Å². The van der Waals surface area contributed by atoms with Gasteiger partial charge in [-0.2, -0.15) is 4.39 Å². The molecule has 0 saturated carbocycles. The van der Waals surface area contributed by atoms with Crippen LogP contribution in [0.3, 0.4) is 0 Å². The number of hydrogen-bond donors (Lipinski definition) is 0. The van der Waals surface area contributed by atoms with Crippen molar-refractivity contribution >= 4 is 43.5 Å². The van der Waals surface area contributed by atoms with Crippen molar-refractivity contribution in [2.75, 3.05) is 0 Å². The monoisotopic (exact) mass is 287 g/mol. The quantitative estimate of drug-likeness (QED) is 0.667. The van der Waals surface area contributed by atoms with Gasteiger partial charge in [0.1, 0.15) is 0 Å². The predicted octanol–water partition coefficient (Wildman–Crippen LogP) is 3.40. The molecule has 1 aromatic rings. The van der Waals surface area contributed by atoms with Crippen LogP contribution in [0.15, 0.2) is 15.1 Å². The van der Waals surface area contributed by atoms with E-state index < -0.39 is 5.95 Å². The highest BCUT2D eigenvalue weighted by molar-refractivity contribution is 9.11. The predicted molar refractivity (Wildman–Crippen MR) is 44.6 cm³/mol.